The highest BCUT2D eigenvalue weighted by Crippen LogP contribution is 2.25. The molecule has 0 bridgehead atoms. The second-order valence-corrected chi connectivity index (χ2v) is 4.93. The molecule has 0 saturated heterocycles. The molecule has 22 heavy (non-hydrogen) atoms. The molecule has 3 aromatic rings. The summed E-state index contributed by atoms with van der Waals surface area (Å²) in [7, 11) is 0. The Morgan fingerprint density at radius 2 is 2.05 bits per heavy atom. The summed E-state index contributed by atoms with van der Waals surface area (Å²) in [6, 6.07) is 13.9. The van der Waals surface area contributed by atoms with E-state index in [-0.39, 0.29) is 5.82 Å². The Hall–Kier alpha value is -3.13. The monoisotopic (exact) mass is 292 g/mol. The van der Waals surface area contributed by atoms with E-state index in [4.69, 9.17) is 5.73 Å². The smallest absolute Gasteiger partial charge is 0.128 e. The molecule has 0 aliphatic carbocycles. The van der Waals surface area contributed by atoms with Crippen LogP contribution in [0.1, 0.15) is 11.1 Å². The van der Waals surface area contributed by atoms with E-state index in [1.54, 1.807) is 53.5 Å². The van der Waals surface area contributed by atoms with Crippen LogP contribution in [0.15, 0.2) is 54.9 Å². The summed E-state index contributed by atoms with van der Waals surface area (Å²) in [5.41, 5.74) is 8.85. The van der Waals surface area contributed by atoms with Gasteiger partial charge in [0.05, 0.1) is 24.4 Å². The first kappa shape index (κ1) is 13.8. The Morgan fingerprint density at radius 3 is 2.82 bits per heavy atom. The van der Waals surface area contributed by atoms with Gasteiger partial charge in [-0.25, -0.2) is 4.39 Å². The molecule has 0 saturated carbocycles. The third kappa shape index (κ3) is 2.67. The van der Waals surface area contributed by atoms with Crippen molar-refractivity contribution in [3.05, 3.63) is 71.8 Å². The van der Waals surface area contributed by atoms with E-state index in [1.807, 2.05) is 0 Å². The van der Waals surface area contributed by atoms with Crippen LogP contribution in [0.5, 0.6) is 0 Å². The average Bonchev–Trinajstić information content (AvgIpc) is 2.98. The molecule has 0 radical (unpaired) electrons. The number of aromatic nitrogens is 2. The zero-order valence-electron chi connectivity index (χ0n) is 11.7. The summed E-state index contributed by atoms with van der Waals surface area (Å²) in [5, 5.41) is 13.4. The van der Waals surface area contributed by atoms with Crippen LogP contribution in [-0.4, -0.2) is 9.78 Å². The number of nitrogen functional groups attached to an aromatic ring is 1. The zero-order valence-corrected chi connectivity index (χ0v) is 11.7. The van der Waals surface area contributed by atoms with Crippen LogP contribution in [0.4, 0.5) is 10.1 Å². The Morgan fingerprint density at radius 1 is 1.23 bits per heavy atom. The predicted molar refractivity (Wildman–Crippen MR) is 82.3 cm³/mol. The third-order valence-corrected chi connectivity index (χ3v) is 3.40. The number of hydrogen-bond donors (Lipinski definition) is 1. The van der Waals surface area contributed by atoms with Gasteiger partial charge in [0.2, 0.25) is 0 Å². The third-order valence-electron chi connectivity index (χ3n) is 3.40. The first-order valence-corrected chi connectivity index (χ1v) is 6.73. The van der Waals surface area contributed by atoms with Crippen LogP contribution in [-0.2, 0) is 6.54 Å². The molecule has 2 N–H and O–H groups in total. The highest BCUT2D eigenvalue weighted by molar-refractivity contribution is 5.71. The van der Waals surface area contributed by atoms with Crippen LogP contribution < -0.4 is 5.73 Å². The SMILES string of the molecule is N#Cc1cc(N)ccc1-c1cnn(Cc2ccccc2F)c1. The molecule has 1 heterocycles. The van der Waals surface area contributed by atoms with Gasteiger partial charge in [0.15, 0.2) is 0 Å². The van der Waals surface area contributed by atoms with E-state index in [9.17, 15) is 9.65 Å². The number of anilines is 1. The molecular formula is C17H13FN4. The lowest BCUT2D eigenvalue weighted by atomic mass is 10.0. The zero-order chi connectivity index (χ0) is 15.5. The van der Waals surface area contributed by atoms with Crippen molar-refractivity contribution in [3.8, 4) is 17.2 Å². The van der Waals surface area contributed by atoms with Crippen LogP contribution in [0.2, 0.25) is 0 Å². The van der Waals surface area contributed by atoms with Gasteiger partial charge in [-0.3, -0.25) is 4.68 Å². The summed E-state index contributed by atoms with van der Waals surface area (Å²) in [5.74, 6) is -0.259. The van der Waals surface area contributed by atoms with Gasteiger partial charge >= 0.3 is 0 Å². The standard InChI is InChI=1S/C17H13FN4/c18-17-4-2-1-3-12(17)10-22-11-14(9-21-22)16-6-5-15(20)7-13(16)8-19/h1-7,9,11H,10,20H2. The Labute approximate surface area is 127 Å². The van der Waals surface area contributed by atoms with Gasteiger partial charge in [0.1, 0.15) is 5.82 Å². The maximum absolute atomic E-state index is 13.7. The molecule has 0 aliphatic heterocycles. The fourth-order valence-electron chi connectivity index (χ4n) is 2.30. The summed E-state index contributed by atoms with van der Waals surface area (Å²) < 4.78 is 15.3. The van der Waals surface area contributed by atoms with Crippen molar-refractivity contribution in [2.75, 3.05) is 5.73 Å². The number of nitrogens with two attached hydrogens (primary N) is 1. The van der Waals surface area contributed by atoms with Crippen LogP contribution in [0.25, 0.3) is 11.1 Å². The minimum Gasteiger partial charge on any atom is -0.399 e. The van der Waals surface area contributed by atoms with Crippen molar-refractivity contribution in [2.45, 2.75) is 6.54 Å². The van der Waals surface area contributed by atoms with Gasteiger partial charge in [-0.2, -0.15) is 10.4 Å². The van der Waals surface area contributed by atoms with Gasteiger partial charge in [-0.1, -0.05) is 24.3 Å². The maximum atomic E-state index is 13.7. The van der Waals surface area contributed by atoms with Crippen molar-refractivity contribution >= 4 is 5.69 Å². The second-order valence-electron chi connectivity index (χ2n) is 4.93. The lowest BCUT2D eigenvalue weighted by molar-refractivity contribution is 0.585. The fraction of sp³-hybridized carbons (Fsp3) is 0.0588. The normalized spacial score (nSPS) is 10.4. The second kappa shape index (κ2) is 5.70. The molecule has 5 heteroatoms. The van der Waals surface area contributed by atoms with Crippen molar-refractivity contribution < 1.29 is 4.39 Å². The molecular weight excluding hydrogens is 279 g/mol. The van der Waals surface area contributed by atoms with E-state index in [1.165, 1.54) is 6.07 Å². The van der Waals surface area contributed by atoms with E-state index in [0.29, 0.717) is 23.4 Å². The summed E-state index contributed by atoms with van der Waals surface area (Å²) in [6.45, 7) is 0.337. The molecule has 3 rings (SSSR count). The quantitative estimate of drug-likeness (QED) is 0.754. The molecule has 4 nitrogen and oxygen atoms in total. The van der Waals surface area contributed by atoms with Gasteiger partial charge in [0, 0.05) is 28.6 Å². The van der Waals surface area contributed by atoms with E-state index in [0.717, 1.165) is 11.1 Å². The topological polar surface area (TPSA) is 67.6 Å². The Kier molecular flexibility index (Phi) is 3.58. The number of hydrogen-bond acceptors (Lipinski definition) is 3. The van der Waals surface area contributed by atoms with Crippen LogP contribution >= 0.6 is 0 Å². The number of nitrogens with zero attached hydrogens (tertiary/aromatic N) is 3. The molecule has 0 fully saturated rings. The molecule has 108 valence electrons. The predicted octanol–water partition coefficient (Wildman–Crippen LogP) is 3.19. The summed E-state index contributed by atoms with van der Waals surface area (Å²) in [4.78, 5) is 0. The Balaban J connectivity index is 1.92. The van der Waals surface area contributed by atoms with E-state index >= 15 is 0 Å². The number of rotatable bonds is 3. The van der Waals surface area contributed by atoms with Crippen molar-refractivity contribution in [1.82, 2.24) is 9.78 Å². The first-order chi connectivity index (χ1) is 10.7. The van der Waals surface area contributed by atoms with E-state index < -0.39 is 0 Å². The number of nitriles is 1. The van der Waals surface area contributed by atoms with Gasteiger partial charge in [0.25, 0.3) is 0 Å². The molecule has 0 unspecified atom stereocenters. The van der Waals surface area contributed by atoms with Gasteiger partial charge in [-0.05, 0) is 18.2 Å². The van der Waals surface area contributed by atoms with Crippen molar-refractivity contribution in [1.29, 1.82) is 5.26 Å². The minimum absolute atomic E-state index is 0.259. The van der Waals surface area contributed by atoms with Crippen LogP contribution in [0.3, 0.4) is 0 Å². The lowest BCUT2D eigenvalue weighted by Gasteiger charge is -2.04. The molecule has 1 aromatic heterocycles. The van der Waals surface area contributed by atoms with Crippen molar-refractivity contribution in [3.63, 3.8) is 0 Å². The van der Waals surface area contributed by atoms with Gasteiger partial charge < -0.3 is 5.73 Å². The van der Waals surface area contributed by atoms with E-state index in [2.05, 4.69) is 11.2 Å². The molecule has 0 aliphatic rings. The summed E-state index contributed by atoms with van der Waals surface area (Å²) >= 11 is 0. The number of halogens is 1. The minimum atomic E-state index is -0.259. The fourth-order valence-corrected chi connectivity index (χ4v) is 2.30. The number of benzene rings is 2. The molecule has 0 spiro atoms. The Bertz CT molecular complexity index is 861. The highest BCUT2D eigenvalue weighted by atomic mass is 19.1. The molecule has 0 atom stereocenters. The van der Waals surface area contributed by atoms with Gasteiger partial charge in [-0.15, -0.1) is 0 Å². The molecule has 0 amide bonds. The van der Waals surface area contributed by atoms with Crippen LogP contribution in [0, 0.1) is 17.1 Å². The van der Waals surface area contributed by atoms with Crippen molar-refractivity contribution in [2.24, 2.45) is 0 Å². The highest BCUT2D eigenvalue weighted by Gasteiger charge is 2.09. The first-order valence-electron chi connectivity index (χ1n) is 6.73. The lowest BCUT2D eigenvalue weighted by Crippen LogP contribution is -2.01. The maximum Gasteiger partial charge on any atom is 0.128 e. The average molecular weight is 292 g/mol. The summed E-state index contributed by atoms with van der Waals surface area (Å²) in [6.07, 6.45) is 3.45. The largest absolute Gasteiger partial charge is 0.399 e. The molecule has 2 aromatic carbocycles.